The van der Waals surface area contributed by atoms with E-state index in [2.05, 4.69) is 11.4 Å². The van der Waals surface area contributed by atoms with Crippen LogP contribution in [0.25, 0.3) is 0 Å². The molecule has 2 aromatic carbocycles. The van der Waals surface area contributed by atoms with Gasteiger partial charge in [-0.05, 0) is 36.8 Å². The SMILES string of the molecule is Cc1cccc(Nc2ccc(F)cc2C#N)c1C#N. The van der Waals surface area contributed by atoms with Gasteiger partial charge in [-0.3, -0.25) is 0 Å². The van der Waals surface area contributed by atoms with Crippen LogP contribution in [0, 0.1) is 35.4 Å². The van der Waals surface area contributed by atoms with E-state index in [1.807, 2.05) is 25.1 Å². The first-order valence-corrected chi connectivity index (χ1v) is 5.62. The van der Waals surface area contributed by atoms with Crippen molar-refractivity contribution in [1.29, 1.82) is 10.5 Å². The monoisotopic (exact) mass is 251 g/mol. The fraction of sp³-hybridized carbons (Fsp3) is 0.0667. The van der Waals surface area contributed by atoms with Gasteiger partial charge in [-0.2, -0.15) is 10.5 Å². The zero-order chi connectivity index (χ0) is 13.8. The summed E-state index contributed by atoms with van der Waals surface area (Å²) in [5.74, 6) is -0.466. The predicted molar refractivity (Wildman–Crippen MR) is 70.3 cm³/mol. The van der Waals surface area contributed by atoms with Crippen molar-refractivity contribution in [3.05, 3.63) is 58.9 Å². The highest BCUT2D eigenvalue weighted by Crippen LogP contribution is 2.25. The molecule has 0 bridgehead atoms. The number of nitriles is 2. The van der Waals surface area contributed by atoms with E-state index >= 15 is 0 Å². The number of nitrogens with zero attached hydrogens (tertiary/aromatic N) is 2. The van der Waals surface area contributed by atoms with Gasteiger partial charge >= 0.3 is 0 Å². The van der Waals surface area contributed by atoms with E-state index < -0.39 is 5.82 Å². The average molecular weight is 251 g/mol. The van der Waals surface area contributed by atoms with Gasteiger partial charge in [0.2, 0.25) is 0 Å². The summed E-state index contributed by atoms with van der Waals surface area (Å²) in [7, 11) is 0. The summed E-state index contributed by atoms with van der Waals surface area (Å²) in [6, 6.07) is 13.3. The molecule has 0 heterocycles. The second kappa shape index (κ2) is 5.20. The van der Waals surface area contributed by atoms with Crippen LogP contribution < -0.4 is 5.32 Å². The van der Waals surface area contributed by atoms with Crippen LogP contribution in [0.15, 0.2) is 36.4 Å². The van der Waals surface area contributed by atoms with Crippen molar-refractivity contribution >= 4 is 11.4 Å². The molecule has 0 aliphatic heterocycles. The fourth-order valence-corrected chi connectivity index (χ4v) is 1.78. The van der Waals surface area contributed by atoms with Gasteiger partial charge in [0.15, 0.2) is 0 Å². The molecule has 92 valence electrons. The third-order valence-electron chi connectivity index (χ3n) is 2.76. The standard InChI is InChI=1S/C15H10FN3/c1-10-3-2-4-15(13(10)9-18)19-14-6-5-12(16)7-11(14)8-17/h2-7,19H,1H3. The largest absolute Gasteiger partial charge is 0.353 e. The van der Waals surface area contributed by atoms with Crippen molar-refractivity contribution in [3.63, 3.8) is 0 Å². The van der Waals surface area contributed by atoms with Crippen molar-refractivity contribution in [2.24, 2.45) is 0 Å². The molecule has 3 nitrogen and oxygen atoms in total. The van der Waals surface area contributed by atoms with E-state index in [4.69, 9.17) is 10.5 Å². The van der Waals surface area contributed by atoms with Gasteiger partial charge in [0, 0.05) is 0 Å². The van der Waals surface area contributed by atoms with Crippen molar-refractivity contribution in [2.75, 3.05) is 5.32 Å². The third-order valence-corrected chi connectivity index (χ3v) is 2.76. The number of rotatable bonds is 2. The summed E-state index contributed by atoms with van der Waals surface area (Å²) in [6.07, 6.45) is 0. The average Bonchev–Trinajstić information content (AvgIpc) is 2.41. The smallest absolute Gasteiger partial charge is 0.124 e. The zero-order valence-electron chi connectivity index (χ0n) is 10.2. The number of halogens is 1. The lowest BCUT2D eigenvalue weighted by Crippen LogP contribution is -1.98. The van der Waals surface area contributed by atoms with Gasteiger partial charge in [0.1, 0.15) is 18.0 Å². The van der Waals surface area contributed by atoms with Gasteiger partial charge in [-0.1, -0.05) is 12.1 Å². The van der Waals surface area contributed by atoms with Crippen molar-refractivity contribution in [3.8, 4) is 12.1 Å². The van der Waals surface area contributed by atoms with E-state index in [0.717, 1.165) is 11.6 Å². The Morgan fingerprint density at radius 3 is 2.53 bits per heavy atom. The molecule has 4 heteroatoms. The highest BCUT2D eigenvalue weighted by atomic mass is 19.1. The van der Waals surface area contributed by atoms with Gasteiger partial charge in [0.25, 0.3) is 0 Å². The van der Waals surface area contributed by atoms with Crippen LogP contribution in [0.3, 0.4) is 0 Å². The molecule has 0 saturated heterocycles. The number of anilines is 2. The van der Waals surface area contributed by atoms with Crippen LogP contribution >= 0.6 is 0 Å². The molecule has 0 radical (unpaired) electrons. The highest BCUT2D eigenvalue weighted by molar-refractivity contribution is 5.71. The van der Waals surface area contributed by atoms with Crippen LogP contribution in [0.5, 0.6) is 0 Å². The molecule has 0 aliphatic rings. The Balaban J connectivity index is 2.46. The number of hydrogen-bond acceptors (Lipinski definition) is 3. The Morgan fingerprint density at radius 1 is 1.05 bits per heavy atom. The van der Waals surface area contributed by atoms with Gasteiger partial charge in [0.05, 0.1) is 22.5 Å². The van der Waals surface area contributed by atoms with Gasteiger partial charge in [-0.25, -0.2) is 4.39 Å². The molecular formula is C15H10FN3. The summed E-state index contributed by atoms with van der Waals surface area (Å²) in [4.78, 5) is 0. The maximum Gasteiger partial charge on any atom is 0.124 e. The summed E-state index contributed by atoms with van der Waals surface area (Å²) in [5, 5.41) is 21.1. The minimum Gasteiger partial charge on any atom is -0.353 e. The molecule has 19 heavy (non-hydrogen) atoms. The molecule has 0 aromatic heterocycles. The maximum absolute atomic E-state index is 13.1. The maximum atomic E-state index is 13.1. The molecule has 2 aromatic rings. The second-order valence-electron chi connectivity index (χ2n) is 4.04. The second-order valence-corrected chi connectivity index (χ2v) is 4.04. The van der Waals surface area contributed by atoms with Gasteiger partial charge in [-0.15, -0.1) is 0 Å². The Kier molecular flexibility index (Phi) is 3.45. The molecule has 0 saturated carbocycles. The van der Waals surface area contributed by atoms with Crippen molar-refractivity contribution in [2.45, 2.75) is 6.92 Å². The molecule has 2 rings (SSSR count). The number of nitrogens with one attached hydrogen (secondary N) is 1. The Labute approximate surface area is 110 Å². The van der Waals surface area contributed by atoms with Crippen LogP contribution in [0.4, 0.5) is 15.8 Å². The lowest BCUT2D eigenvalue weighted by molar-refractivity contribution is 0.627. The van der Waals surface area contributed by atoms with Gasteiger partial charge < -0.3 is 5.32 Å². The molecule has 0 unspecified atom stereocenters. The number of aryl methyl sites for hydroxylation is 1. The predicted octanol–water partition coefficient (Wildman–Crippen LogP) is 3.62. The molecule has 0 amide bonds. The topological polar surface area (TPSA) is 59.6 Å². The van der Waals surface area contributed by atoms with Crippen LogP contribution in [0.2, 0.25) is 0 Å². The van der Waals surface area contributed by atoms with E-state index in [1.165, 1.54) is 12.1 Å². The molecule has 0 fully saturated rings. The van der Waals surface area contributed by atoms with Crippen molar-refractivity contribution < 1.29 is 4.39 Å². The molecular weight excluding hydrogens is 241 g/mol. The highest BCUT2D eigenvalue weighted by Gasteiger charge is 2.08. The number of hydrogen-bond donors (Lipinski definition) is 1. The Morgan fingerprint density at radius 2 is 1.84 bits per heavy atom. The molecule has 0 atom stereocenters. The summed E-state index contributed by atoms with van der Waals surface area (Å²) in [6.45, 7) is 1.83. The minimum absolute atomic E-state index is 0.199. The van der Waals surface area contributed by atoms with E-state index in [0.29, 0.717) is 16.9 Å². The first-order chi connectivity index (χ1) is 9.15. The van der Waals surface area contributed by atoms with E-state index in [9.17, 15) is 4.39 Å². The Bertz CT molecular complexity index is 708. The van der Waals surface area contributed by atoms with Crippen LogP contribution in [-0.4, -0.2) is 0 Å². The van der Waals surface area contributed by atoms with E-state index in [-0.39, 0.29) is 5.56 Å². The van der Waals surface area contributed by atoms with E-state index in [1.54, 1.807) is 6.07 Å². The first-order valence-electron chi connectivity index (χ1n) is 5.62. The normalized spacial score (nSPS) is 9.47. The first kappa shape index (κ1) is 12.6. The Hall–Kier alpha value is -2.85. The van der Waals surface area contributed by atoms with Crippen molar-refractivity contribution in [1.82, 2.24) is 0 Å². The number of benzene rings is 2. The minimum atomic E-state index is -0.466. The molecule has 0 aliphatic carbocycles. The lowest BCUT2D eigenvalue weighted by atomic mass is 10.1. The summed E-state index contributed by atoms with van der Waals surface area (Å²) < 4.78 is 13.1. The third kappa shape index (κ3) is 2.53. The lowest BCUT2D eigenvalue weighted by Gasteiger charge is -2.11. The fourth-order valence-electron chi connectivity index (χ4n) is 1.78. The molecule has 0 spiro atoms. The quantitative estimate of drug-likeness (QED) is 0.886. The summed E-state index contributed by atoms with van der Waals surface area (Å²) >= 11 is 0. The van der Waals surface area contributed by atoms with Crippen LogP contribution in [-0.2, 0) is 0 Å². The summed E-state index contributed by atoms with van der Waals surface area (Å²) in [5.41, 5.74) is 2.63. The molecule has 1 N–H and O–H groups in total. The zero-order valence-corrected chi connectivity index (χ0v) is 10.2. The van der Waals surface area contributed by atoms with Crippen LogP contribution in [0.1, 0.15) is 16.7 Å².